The Hall–Kier alpha value is -1.79. The summed E-state index contributed by atoms with van der Waals surface area (Å²) in [7, 11) is 1.57. The molecule has 20 heavy (non-hydrogen) atoms. The van der Waals surface area contributed by atoms with Gasteiger partial charge in [-0.2, -0.15) is 0 Å². The number of hydrogen-bond donors (Lipinski definition) is 1. The van der Waals surface area contributed by atoms with Crippen molar-refractivity contribution in [3.63, 3.8) is 0 Å². The minimum atomic E-state index is -0.965. The molecule has 1 spiro atoms. The standard InChI is InChI=1S/C13H21N3O4/c1-8-6-13(9(17)14-10(18)15(13)5)7-16(8)11(19)20-12(2,3)4/h8H,6-7H2,1-5H3,(H,14,17,18)/t8-,13?/m1/s1. The number of ether oxygens (including phenoxy) is 1. The average Bonchev–Trinajstić information content (AvgIpc) is 2.73. The molecule has 2 aliphatic rings. The fourth-order valence-electron chi connectivity index (χ4n) is 2.72. The van der Waals surface area contributed by atoms with E-state index in [0.717, 1.165) is 0 Å². The van der Waals surface area contributed by atoms with Gasteiger partial charge in [0.15, 0.2) is 0 Å². The number of amides is 4. The number of hydrogen-bond acceptors (Lipinski definition) is 4. The van der Waals surface area contributed by atoms with Crippen LogP contribution in [0.15, 0.2) is 0 Å². The van der Waals surface area contributed by atoms with Crippen LogP contribution in [-0.4, -0.2) is 58.6 Å². The minimum Gasteiger partial charge on any atom is -0.444 e. The Labute approximate surface area is 118 Å². The van der Waals surface area contributed by atoms with Gasteiger partial charge in [-0.3, -0.25) is 10.1 Å². The molecule has 112 valence electrons. The minimum absolute atomic E-state index is 0.163. The maximum absolute atomic E-state index is 12.2. The lowest BCUT2D eigenvalue weighted by atomic mass is 9.95. The second-order valence-electron chi connectivity index (χ2n) is 6.51. The van der Waals surface area contributed by atoms with E-state index in [1.807, 2.05) is 6.92 Å². The van der Waals surface area contributed by atoms with Gasteiger partial charge in [0.2, 0.25) is 0 Å². The first-order valence-electron chi connectivity index (χ1n) is 6.66. The highest BCUT2D eigenvalue weighted by atomic mass is 16.6. The molecule has 7 nitrogen and oxygen atoms in total. The van der Waals surface area contributed by atoms with Crippen molar-refractivity contribution in [2.24, 2.45) is 0 Å². The molecule has 2 saturated heterocycles. The van der Waals surface area contributed by atoms with Crippen LogP contribution in [0.3, 0.4) is 0 Å². The fraction of sp³-hybridized carbons (Fsp3) is 0.769. The van der Waals surface area contributed by atoms with Gasteiger partial charge in [0.05, 0.1) is 6.54 Å². The molecule has 0 radical (unpaired) electrons. The number of imide groups is 1. The monoisotopic (exact) mass is 283 g/mol. The Morgan fingerprint density at radius 1 is 1.40 bits per heavy atom. The van der Waals surface area contributed by atoms with Crippen LogP contribution >= 0.6 is 0 Å². The molecule has 1 N–H and O–H groups in total. The van der Waals surface area contributed by atoms with Gasteiger partial charge >= 0.3 is 12.1 Å². The van der Waals surface area contributed by atoms with Crippen LogP contribution in [-0.2, 0) is 9.53 Å². The van der Waals surface area contributed by atoms with E-state index in [0.29, 0.717) is 6.42 Å². The number of rotatable bonds is 0. The molecule has 0 bridgehead atoms. The van der Waals surface area contributed by atoms with Gasteiger partial charge in [-0.1, -0.05) is 0 Å². The van der Waals surface area contributed by atoms with Gasteiger partial charge in [0.25, 0.3) is 5.91 Å². The van der Waals surface area contributed by atoms with Crippen molar-refractivity contribution in [3.8, 4) is 0 Å². The predicted molar refractivity (Wildman–Crippen MR) is 71.1 cm³/mol. The van der Waals surface area contributed by atoms with Crippen LogP contribution in [0.1, 0.15) is 34.1 Å². The summed E-state index contributed by atoms with van der Waals surface area (Å²) in [6.45, 7) is 7.39. The number of urea groups is 1. The van der Waals surface area contributed by atoms with E-state index < -0.39 is 23.3 Å². The van der Waals surface area contributed by atoms with Crippen molar-refractivity contribution in [2.75, 3.05) is 13.6 Å². The second kappa shape index (κ2) is 4.36. The smallest absolute Gasteiger partial charge is 0.410 e. The third kappa shape index (κ3) is 2.21. The van der Waals surface area contributed by atoms with Crippen molar-refractivity contribution < 1.29 is 19.1 Å². The predicted octanol–water partition coefficient (Wildman–Crippen LogP) is 0.936. The van der Waals surface area contributed by atoms with Crippen molar-refractivity contribution in [2.45, 2.75) is 51.3 Å². The number of nitrogens with zero attached hydrogens (tertiary/aromatic N) is 2. The molecule has 2 rings (SSSR count). The van der Waals surface area contributed by atoms with E-state index >= 15 is 0 Å². The van der Waals surface area contributed by atoms with Gasteiger partial charge in [-0.25, -0.2) is 9.59 Å². The van der Waals surface area contributed by atoms with Gasteiger partial charge in [-0.05, 0) is 27.7 Å². The fourth-order valence-corrected chi connectivity index (χ4v) is 2.72. The molecule has 0 saturated carbocycles. The van der Waals surface area contributed by atoms with Gasteiger partial charge < -0.3 is 14.5 Å². The highest BCUT2D eigenvalue weighted by Gasteiger charge is 2.58. The molecule has 2 fully saturated rings. The van der Waals surface area contributed by atoms with Gasteiger partial charge in [-0.15, -0.1) is 0 Å². The first-order chi connectivity index (χ1) is 9.07. The topological polar surface area (TPSA) is 79.0 Å². The Kier molecular flexibility index (Phi) is 3.19. The number of likely N-dealkylation sites (N-methyl/N-ethyl adjacent to an activating group) is 1. The lowest BCUT2D eigenvalue weighted by Gasteiger charge is -2.29. The highest BCUT2D eigenvalue weighted by Crippen LogP contribution is 2.35. The maximum Gasteiger partial charge on any atom is 0.410 e. The van der Waals surface area contributed by atoms with E-state index in [2.05, 4.69) is 5.32 Å². The summed E-state index contributed by atoms with van der Waals surface area (Å²) in [5.41, 5.74) is -1.56. The quantitative estimate of drug-likeness (QED) is 0.671. The third-order valence-corrected chi connectivity index (χ3v) is 3.81. The average molecular weight is 283 g/mol. The van der Waals surface area contributed by atoms with Gasteiger partial charge in [0.1, 0.15) is 11.1 Å². The van der Waals surface area contributed by atoms with Crippen LogP contribution in [0.4, 0.5) is 9.59 Å². The molecular formula is C13H21N3O4. The Morgan fingerprint density at radius 2 is 2.00 bits per heavy atom. The van der Waals surface area contributed by atoms with Crippen molar-refractivity contribution in [1.29, 1.82) is 0 Å². The maximum atomic E-state index is 12.2. The Balaban J connectivity index is 2.19. The Morgan fingerprint density at radius 3 is 2.45 bits per heavy atom. The normalized spacial score (nSPS) is 30.1. The van der Waals surface area contributed by atoms with Crippen molar-refractivity contribution >= 4 is 18.0 Å². The van der Waals surface area contributed by atoms with Crippen molar-refractivity contribution in [3.05, 3.63) is 0 Å². The molecule has 1 unspecified atom stereocenters. The van der Waals surface area contributed by atoms with Gasteiger partial charge in [0, 0.05) is 19.5 Å². The Bertz CT molecular complexity index is 471. The second-order valence-corrected chi connectivity index (χ2v) is 6.51. The summed E-state index contributed by atoms with van der Waals surface area (Å²) in [6.07, 6.45) is -0.0391. The van der Waals surface area contributed by atoms with Crippen LogP contribution in [0.5, 0.6) is 0 Å². The van der Waals surface area contributed by atoms with E-state index in [1.54, 1.807) is 27.8 Å². The van der Waals surface area contributed by atoms with E-state index in [-0.39, 0.29) is 18.5 Å². The zero-order chi connectivity index (χ0) is 15.3. The number of likely N-dealkylation sites (tertiary alicyclic amines) is 1. The van der Waals surface area contributed by atoms with E-state index in [1.165, 1.54) is 9.80 Å². The summed E-state index contributed by atoms with van der Waals surface area (Å²) in [5.74, 6) is -0.345. The third-order valence-electron chi connectivity index (χ3n) is 3.81. The first kappa shape index (κ1) is 14.6. The number of carbonyl (C=O) groups is 3. The molecule has 4 amide bonds. The molecule has 7 heteroatoms. The first-order valence-corrected chi connectivity index (χ1v) is 6.66. The molecule has 0 aromatic carbocycles. The van der Waals surface area contributed by atoms with Crippen LogP contribution < -0.4 is 5.32 Å². The zero-order valence-corrected chi connectivity index (χ0v) is 12.5. The molecule has 2 atom stereocenters. The molecule has 2 aliphatic heterocycles. The molecule has 2 heterocycles. The summed E-state index contributed by atoms with van der Waals surface area (Å²) in [5, 5.41) is 2.30. The zero-order valence-electron chi connectivity index (χ0n) is 12.5. The van der Waals surface area contributed by atoms with E-state index in [9.17, 15) is 14.4 Å². The van der Waals surface area contributed by atoms with Crippen LogP contribution in [0.2, 0.25) is 0 Å². The molecule has 0 aliphatic carbocycles. The summed E-state index contributed by atoms with van der Waals surface area (Å²) >= 11 is 0. The lowest BCUT2D eigenvalue weighted by molar-refractivity contribution is -0.125. The van der Waals surface area contributed by atoms with Crippen LogP contribution in [0.25, 0.3) is 0 Å². The lowest BCUT2D eigenvalue weighted by Crippen LogP contribution is -2.50. The molecular weight excluding hydrogens is 262 g/mol. The summed E-state index contributed by atoms with van der Waals surface area (Å²) in [6, 6.07) is -0.586. The molecule has 0 aromatic rings. The number of nitrogens with one attached hydrogen (secondary N) is 1. The van der Waals surface area contributed by atoms with Crippen molar-refractivity contribution in [1.82, 2.24) is 15.1 Å². The number of carbonyl (C=O) groups excluding carboxylic acids is 3. The SMILES string of the molecule is C[C@@H]1CC2(CN1C(=O)OC(C)(C)C)C(=O)NC(=O)N2C. The van der Waals surface area contributed by atoms with E-state index in [4.69, 9.17) is 4.74 Å². The highest BCUT2D eigenvalue weighted by molar-refractivity contribution is 6.07. The molecule has 0 aromatic heterocycles. The summed E-state index contributed by atoms with van der Waals surface area (Å²) < 4.78 is 5.34. The van der Waals surface area contributed by atoms with Crippen LogP contribution in [0, 0.1) is 0 Å². The largest absolute Gasteiger partial charge is 0.444 e. The summed E-state index contributed by atoms with van der Waals surface area (Å²) in [4.78, 5) is 38.8.